The molecule has 2 aliphatic rings. The Morgan fingerprint density at radius 2 is 1.42 bits per heavy atom. The molecule has 0 aromatic carbocycles. The number of aliphatic hydroxyl groups excluding tert-OH is 7. The van der Waals surface area contributed by atoms with Gasteiger partial charge in [0.15, 0.2) is 6.29 Å². The monoisotopic (exact) mass is 372 g/mol. The predicted molar refractivity (Wildman–Crippen MR) is 79.9 cm³/mol. The number of methoxy groups -OCH3 is 1. The van der Waals surface area contributed by atoms with Crippen molar-refractivity contribution in [3.8, 4) is 0 Å². The molecule has 11 heteroatoms. The van der Waals surface area contributed by atoms with Crippen LogP contribution >= 0.6 is 11.8 Å². The zero-order valence-electron chi connectivity index (χ0n) is 13.0. The van der Waals surface area contributed by atoms with Crippen molar-refractivity contribution >= 4 is 11.8 Å². The van der Waals surface area contributed by atoms with E-state index in [-0.39, 0.29) is 0 Å². The lowest BCUT2D eigenvalue weighted by atomic mass is 10.0. The molecule has 7 N–H and O–H groups in total. The van der Waals surface area contributed by atoms with Crippen molar-refractivity contribution in [3.63, 3.8) is 0 Å². The van der Waals surface area contributed by atoms with Gasteiger partial charge in [-0.1, -0.05) is 0 Å². The van der Waals surface area contributed by atoms with Crippen molar-refractivity contribution in [1.82, 2.24) is 0 Å². The van der Waals surface area contributed by atoms with Crippen LogP contribution in [0.25, 0.3) is 0 Å². The maximum Gasteiger partial charge on any atom is 0.186 e. The van der Waals surface area contributed by atoms with Crippen LogP contribution in [0.1, 0.15) is 0 Å². The molecule has 2 heterocycles. The molecule has 0 saturated carbocycles. The summed E-state index contributed by atoms with van der Waals surface area (Å²) in [5.41, 5.74) is -1.12. The average Bonchev–Trinajstić information content (AvgIpc) is 2.59. The smallest absolute Gasteiger partial charge is 0.186 e. The van der Waals surface area contributed by atoms with Gasteiger partial charge < -0.3 is 50.0 Å². The standard InChI is InChI=1S/C13H24O10S/c1-21-12-9(19)8(18)11(5(3-15)22-12)24-13-10(20)7(17)6(16)4(2-14)23-13/h4-20H,2-3H2,1H3/t4-,5-,6-,7+,8-,9-,10+,11-,12+,13+/m1/s1. The third-order valence-corrected chi connectivity index (χ3v) is 5.75. The molecule has 142 valence electrons. The van der Waals surface area contributed by atoms with Crippen molar-refractivity contribution in [3.05, 3.63) is 0 Å². The normalized spacial score (nSPS) is 50.0. The minimum absolute atomic E-state index is 0.487. The van der Waals surface area contributed by atoms with Gasteiger partial charge in [0.2, 0.25) is 0 Å². The highest BCUT2D eigenvalue weighted by Crippen LogP contribution is 2.37. The number of thioether (sulfide) groups is 1. The second-order valence-corrected chi connectivity index (χ2v) is 7.02. The maximum absolute atomic E-state index is 10.3. The first-order valence-electron chi connectivity index (χ1n) is 7.46. The van der Waals surface area contributed by atoms with Gasteiger partial charge in [0.25, 0.3) is 0 Å². The first kappa shape index (κ1) is 20.3. The van der Waals surface area contributed by atoms with Crippen LogP contribution < -0.4 is 0 Å². The third-order valence-electron chi connectivity index (χ3n) is 4.19. The first-order valence-corrected chi connectivity index (χ1v) is 8.41. The third kappa shape index (κ3) is 3.86. The molecule has 10 nitrogen and oxygen atoms in total. The fourth-order valence-corrected chi connectivity index (χ4v) is 4.24. The first-order chi connectivity index (χ1) is 11.3. The van der Waals surface area contributed by atoms with Crippen molar-refractivity contribution in [2.45, 2.75) is 59.7 Å². The minimum atomic E-state index is -1.56. The van der Waals surface area contributed by atoms with E-state index in [9.17, 15) is 35.7 Å². The van der Waals surface area contributed by atoms with E-state index in [1.54, 1.807) is 0 Å². The molecule has 0 aliphatic carbocycles. The van der Waals surface area contributed by atoms with Crippen LogP contribution in [0.4, 0.5) is 0 Å². The summed E-state index contributed by atoms with van der Waals surface area (Å²) in [6.07, 6.45) is -10.4. The number of rotatable bonds is 5. The summed E-state index contributed by atoms with van der Waals surface area (Å²) in [7, 11) is 1.28. The highest BCUT2D eigenvalue weighted by Gasteiger charge is 2.50. The van der Waals surface area contributed by atoms with Gasteiger partial charge >= 0.3 is 0 Å². The van der Waals surface area contributed by atoms with Crippen molar-refractivity contribution in [1.29, 1.82) is 0 Å². The summed E-state index contributed by atoms with van der Waals surface area (Å²) in [5.74, 6) is 0. The summed E-state index contributed by atoms with van der Waals surface area (Å²) in [6.45, 7) is -1.07. The quantitative estimate of drug-likeness (QED) is 0.251. The highest BCUT2D eigenvalue weighted by atomic mass is 32.2. The molecule has 0 bridgehead atoms. The van der Waals surface area contributed by atoms with Crippen LogP contribution in [0.5, 0.6) is 0 Å². The molecule has 24 heavy (non-hydrogen) atoms. The van der Waals surface area contributed by atoms with Gasteiger partial charge in [-0.15, -0.1) is 11.8 Å². The van der Waals surface area contributed by atoms with E-state index in [0.717, 1.165) is 11.8 Å². The Bertz CT molecular complexity index is 397. The Kier molecular flexibility index (Phi) is 7.22. The summed E-state index contributed by atoms with van der Waals surface area (Å²) >= 11 is 0.827. The van der Waals surface area contributed by atoms with E-state index in [0.29, 0.717) is 0 Å². The summed E-state index contributed by atoms with van der Waals surface area (Å²) < 4.78 is 15.6. The number of hydrogen-bond acceptors (Lipinski definition) is 11. The Hall–Kier alpha value is -0.0500. The molecule has 2 aliphatic heterocycles. The largest absolute Gasteiger partial charge is 0.394 e. The van der Waals surface area contributed by atoms with E-state index in [1.165, 1.54) is 7.11 Å². The molecule has 2 saturated heterocycles. The van der Waals surface area contributed by atoms with Crippen molar-refractivity contribution < 1.29 is 50.0 Å². The second-order valence-electron chi connectivity index (χ2n) is 5.74. The lowest BCUT2D eigenvalue weighted by Gasteiger charge is -2.45. The average molecular weight is 372 g/mol. The van der Waals surface area contributed by atoms with E-state index >= 15 is 0 Å². The minimum Gasteiger partial charge on any atom is -0.394 e. The highest BCUT2D eigenvalue weighted by molar-refractivity contribution is 8.00. The molecule has 0 amide bonds. The molecular weight excluding hydrogens is 348 g/mol. The number of aliphatic hydroxyl groups is 7. The predicted octanol–water partition coefficient (Wildman–Crippen LogP) is -4.03. The van der Waals surface area contributed by atoms with Crippen LogP contribution in [0.15, 0.2) is 0 Å². The van der Waals surface area contributed by atoms with Gasteiger partial charge in [0.05, 0.1) is 30.7 Å². The van der Waals surface area contributed by atoms with Crippen LogP contribution in [0.2, 0.25) is 0 Å². The van der Waals surface area contributed by atoms with Gasteiger partial charge in [-0.05, 0) is 0 Å². The van der Waals surface area contributed by atoms with Gasteiger partial charge in [0.1, 0.15) is 36.0 Å². The molecule has 0 aromatic heterocycles. The SMILES string of the molecule is CO[C@H]1O[C@H](CO)[C@@H](S[C@@H]2O[C@H](CO)[C@@H](O)[C@H](O)[C@@H]2O)[C@H](O)[C@H]1O. The van der Waals surface area contributed by atoms with Crippen LogP contribution in [-0.2, 0) is 14.2 Å². The zero-order valence-corrected chi connectivity index (χ0v) is 13.8. The topological polar surface area (TPSA) is 169 Å². The van der Waals surface area contributed by atoms with Crippen molar-refractivity contribution in [2.75, 3.05) is 20.3 Å². The van der Waals surface area contributed by atoms with Crippen molar-refractivity contribution in [2.24, 2.45) is 0 Å². The molecule has 10 atom stereocenters. The lowest BCUT2D eigenvalue weighted by Crippen LogP contribution is -2.61. The van der Waals surface area contributed by atoms with E-state index in [4.69, 9.17) is 14.2 Å². The Morgan fingerprint density at radius 1 is 0.792 bits per heavy atom. The second kappa shape index (κ2) is 8.56. The van der Waals surface area contributed by atoms with Gasteiger partial charge in [0, 0.05) is 7.11 Å². The lowest BCUT2D eigenvalue weighted by molar-refractivity contribution is -0.260. The van der Waals surface area contributed by atoms with Crippen LogP contribution in [-0.4, -0.2) is 116 Å². The Morgan fingerprint density at radius 3 is 1.96 bits per heavy atom. The summed E-state index contributed by atoms with van der Waals surface area (Å²) in [4.78, 5) is 0. The number of ether oxygens (including phenoxy) is 3. The summed E-state index contributed by atoms with van der Waals surface area (Å²) in [5, 5.41) is 67.6. The molecule has 0 radical (unpaired) electrons. The molecular formula is C13H24O10S. The molecule has 0 aromatic rings. The fourth-order valence-electron chi connectivity index (χ4n) is 2.75. The van der Waals surface area contributed by atoms with E-state index in [2.05, 4.69) is 0 Å². The molecule has 2 fully saturated rings. The zero-order chi connectivity index (χ0) is 18.0. The van der Waals surface area contributed by atoms with Crippen LogP contribution in [0.3, 0.4) is 0 Å². The Balaban J connectivity index is 2.12. The van der Waals surface area contributed by atoms with E-state index in [1.807, 2.05) is 0 Å². The number of hydrogen-bond donors (Lipinski definition) is 7. The van der Waals surface area contributed by atoms with Crippen LogP contribution in [0, 0.1) is 0 Å². The van der Waals surface area contributed by atoms with Gasteiger partial charge in [-0.3, -0.25) is 0 Å². The van der Waals surface area contributed by atoms with Gasteiger partial charge in [-0.25, -0.2) is 0 Å². The van der Waals surface area contributed by atoms with Gasteiger partial charge in [-0.2, -0.15) is 0 Å². The van der Waals surface area contributed by atoms with E-state index < -0.39 is 72.9 Å². The molecule has 0 spiro atoms. The Labute approximate surface area is 142 Å². The fraction of sp³-hybridized carbons (Fsp3) is 1.00. The maximum atomic E-state index is 10.3. The molecule has 2 rings (SSSR count). The molecule has 0 unspecified atom stereocenters. The summed E-state index contributed by atoms with van der Waals surface area (Å²) in [6, 6.07) is 0.